The maximum absolute atomic E-state index is 12.6. The molecule has 2 amide bonds. The predicted molar refractivity (Wildman–Crippen MR) is 107 cm³/mol. The van der Waals surface area contributed by atoms with Crippen LogP contribution in [0, 0.1) is 12.8 Å². The first-order chi connectivity index (χ1) is 12.8. The minimum absolute atomic E-state index is 0.0734. The van der Waals surface area contributed by atoms with Crippen LogP contribution in [-0.2, 0) is 9.59 Å². The molecule has 1 atom stereocenters. The number of hydrogen-bond acceptors (Lipinski definition) is 3. The fraction of sp³-hybridized carbons (Fsp3) is 0.333. The molecule has 1 N–H and O–H groups in total. The molecule has 0 saturated carbocycles. The lowest BCUT2D eigenvalue weighted by Gasteiger charge is -2.17. The van der Waals surface area contributed by atoms with Gasteiger partial charge in [-0.25, -0.2) is 0 Å². The summed E-state index contributed by atoms with van der Waals surface area (Å²) < 4.78 is 5.59. The monoisotopic (exact) mass is 386 g/mol. The average Bonchev–Trinajstić information content (AvgIpc) is 3.00. The number of anilines is 2. The smallest absolute Gasteiger partial charge is 0.229 e. The number of nitrogens with zero attached hydrogens (tertiary/aromatic N) is 1. The number of ether oxygens (including phenoxy) is 1. The number of carbonyl (C=O) groups excluding carboxylic acids is 2. The Morgan fingerprint density at radius 3 is 2.56 bits per heavy atom. The highest BCUT2D eigenvalue weighted by Gasteiger charge is 2.35. The molecule has 2 aromatic carbocycles. The van der Waals surface area contributed by atoms with Gasteiger partial charge < -0.3 is 15.0 Å². The molecular formula is C21H23ClN2O3. The summed E-state index contributed by atoms with van der Waals surface area (Å²) in [5.41, 5.74) is 2.35. The van der Waals surface area contributed by atoms with E-state index in [1.807, 2.05) is 45.0 Å². The van der Waals surface area contributed by atoms with Crippen molar-refractivity contribution in [2.24, 2.45) is 5.92 Å². The molecule has 3 rings (SSSR count). The van der Waals surface area contributed by atoms with Gasteiger partial charge in [-0.05, 0) is 62.7 Å². The molecule has 1 heterocycles. The molecule has 5 nitrogen and oxygen atoms in total. The van der Waals surface area contributed by atoms with E-state index >= 15 is 0 Å². The van der Waals surface area contributed by atoms with Crippen LogP contribution in [0.15, 0.2) is 42.5 Å². The standard InChI is InChI=1S/C21H23ClN2O3/c1-13(2)27-18-8-5-16(6-9-18)23-21(26)15-10-20(25)24(12-15)17-7-4-14(3)19(22)11-17/h4-9,11,13,15H,10,12H2,1-3H3,(H,23,26). The van der Waals surface area contributed by atoms with Crippen molar-refractivity contribution in [2.45, 2.75) is 33.3 Å². The molecule has 27 heavy (non-hydrogen) atoms. The Morgan fingerprint density at radius 2 is 1.93 bits per heavy atom. The van der Waals surface area contributed by atoms with Crippen LogP contribution in [0.1, 0.15) is 25.8 Å². The largest absolute Gasteiger partial charge is 0.491 e. The van der Waals surface area contributed by atoms with Gasteiger partial charge in [0.1, 0.15) is 5.75 Å². The van der Waals surface area contributed by atoms with E-state index < -0.39 is 5.92 Å². The third kappa shape index (κ3) is 4.61. The van der Waals surface area contributed by atoms with Crippen molar-refractivity contribution in [3.05, 3.63) is 53.1 Å². The summed E-state index contributed by atoms with van der Waals surface area (Å²) in [5, 5.41) is 3.49. The number of aryl methyl sites for hydroxylation is 1. The van der Waals surface area contributed by atoms with Crippen molar-refractivity contribution in [3.8, 4) is 5.75 Å². The number of benzene rings is 2. The van der Waals surface area contributed by atoms with Crippen LogP contribution in [-0.4, -0.2) is 24.5 Å². The fourth-order valence-electron chi connectivity index (χ4n) is 3.02. The Kier molecular flexibility index (Phi) is 5.71. The molecule has 142 valence electrons. The molecule has 1 saturated heterocycles. The maximum atomic E-state index is 12.6. The number of hydrogen-bond donors (Lipinski definition) is 1. The van der Waals surface area contributed by atoms with Crippen LogP contribution in [0.4, 0.5) is 11.4 Å². The van der Waals surface area contributed by atoms with E-state index in [0.29, 0.717) is 17.3 Å². The summed E-state index contributed by atoms with van der Waals surface area (Å²) in [7, 11) is 0. The van der Waals surface area contributed by atoms with Crippen molar-refractivity contribution < 1.29 is 14.3 Å². The van der Waals surface area contributed by atoms with Gasteiger partial charge in [0, 0.05) is 29.4 Å². The predicted octanol–water partition coefficient (Wildman–Crippen LogP) is 4.43. The number of amides is 2. The highest BCUT2D eigenvalue weighted by molar-refractivity contribution is 6.31. The van der Waals surface area contributed by atoms with Gasteiger partial charge in [-0.15, -0.1) is 0 Å². The van der Waals surface area contributed by atoms with Crippen molar-refractivity contribution in [1.82, 2.24) is 0 Å². The third-order valence-corrected chi connectivity index (χ3v) is 4.86. The zero-order valence-electron chi connectivity index (χ0n) is 15.7. The first kappa shape index (κ1) is 19.2. The molecule has 0 radical (unpaired) electrons. The fourth-order valence-corrected chi connectivity index (χ4v) is 3.19. The highest BCUT2D eigenvalue weighted by Crippen LogP contribution is 2.29. The van der Waals surface area contributed by atoms with E-state index in [1.165, 1.54) is 0 Å². The number of halogens is 1. The van der Waals surface area contributed by atoms with Crippen molar-refractivity contribution in [2.75, 3.05) is 16.8 Å². The molecule has 1 aliphatic rings. The second kappa shape index (κ2) is 8.01. The van der Waals surface area contributed by atoms with Crippen molar-refractivity contribution in [1.29, 1.82) is 0 Å². The lowest BCUT2D eigenvalue weighted by Crippen LogP contribution is -2.28. The van der Waals surface area contributed by atoms with Crippen LogP contribution < -0.4 is 15.0 Å². The summed E-state index contributed by atoms with van der Waals surface area (Å²) in [4.78, 5) is 26.6. The van der Waals surface area contributed by atoms with Gasteiger partial charge in [-0.1, -0.05) is 17.7 Å². The Morgan fingerprint density at radius 1 is 1.22 bits per heavy atom. The minimum Gasteiger partial charge on any atom is -0.491 e. The zero-order chi connectivity index (χ0) is 19.6. The summed E-state index contributed by atoms with van der Waals surface area (Å²) >= 11 is 6.16. The van der Waals surface area contributed by atoms with Crippen molar-refractivity contribution in [3.63, 3.8) is 0 Å². The molecule has 1 fully saturated rings. The summed E-state index contributed by atoms with van der Waals surface area (Å²) in [6.07, 6.45) is 0.280. The zero-order valence-corrected chi connectivity index (χ0v) is 16.4. The van der Waals surface area contributed by atoms with Crippen LogP contribution in [0.2, 0.25) is 5.02 Å². The van der Waals surface area contributed by atoms with E-state index in [-0.39, 0.29) is 24.3 Å². The molecule has 0 aromatic heterocycles. The second-order valence-corrected chi connectivity index (χ2v) is 7.43. The molecule has 0 aliphatic carbocycles. The molecular weight excluding hydrogens is 364 g/mol. The Bertz CT molecular complexity index is 849. The van der Waals surface area contributed by atoms with E-state index in [1.54, 1.807) is 23.1 Å². The highest BCUT2D eigenvalue weighted by atomic mass is 35.5. The molecule has 1 unspecified atom stereocenters. The van der Waals surface area contributed by atoms with Crippen LogP contribution in [0.3, 0.4) is 0 Å². The Hall–Kier alpha value is -2.53. The van der Waals surface area contributed by atoms with Crippen LogP contribution >= 0.6 is 11.6 Å². The number of rotatable bonds is 5. The van der Waals surface area contributed by atoms with Gasteiger partial charge in [0.2, 0.25) is 11.8 Å². The van der Waals surface area contributed by atoms with E-state index in [4.69, 9.17) is 16.3 Å². The van der Waals surface area contributed by atoms with Gasteiger partial charge in [-0.2, -0.15) is 0 Å². The van der Waals surface area contributed by atoms with Crippen LogP contribution in [0.5, 0.6) is 5.75 Å². The van der Waals surface area contributed by atoms with E-state index in [9.17, 15) is 9.59 Å². The number of carbonyl (C=O) groups is 2. The number of nitrogens with one attached hydrogen (secondary N) is 1. The van der Waals surface area contributed by atoms with Gasteiger partial charge in [0.05, 0.1) is 12.0 Å². The molecule has 2 aromatic rings. The summed E-state index contributed by atoms with van der Waals surface area (Å²) in [6, 6.07) is 12.7. The third-order valence-electron chi connectivity index (χ3n) is 4.46. The van der Waals surface area contributed by atoms with E-state index in [2.05, 4.69) is 5.32 Å². The van der Waals surface area contributed by atoms with Gasteiger partial charge in [0.25, 0.3) is 0 Å². The molecule has 0 spiro atoms. The first-order valence-electron chi connectivity index (χ1n) is 8.97. The average molecular weight is 387 g/mol. The topological polar surface area (TPSA) is 58.6 Å². The van der Waals surface area contributed by atoms with Crippen LogP contribution in [0.25, 0.3) is 0 Å². The SMILES string of the molecule is Cc1ccc(N2CC(C(=O)Nc3ccc(OC(C)C)cc3)CC2=O)cc1Cl. The normalized spacial score (nSPS) is 16.7. The molecule has 0 bridgehead atoms. The van der Waals surface area contributed by atoms with Gasteiger partial charge >= 0.3 is 0 Å². The van der Waals surface area contributed by atoms with Gasteiger partial charge in [-0.3, -0.25) is 9.59 Å². The quantitative estimate of drug-likeness (QED) is 0.827. The summed E-state index contributed by atoms with van der Waals surface area (Å²) in [5.74, 6) is 0.114. The first-order valence-corrected chi connectivity index (χ1v) is 9.35. The van der Waals surface area contributed by atoms with Crippen molar-refractivity contribution >= 4 is 34.8 Å². The minimum atomic E-state index is -0.399. The lowest BCUT2D eigenvalue weighted by atomic mass is 10.1. The molecule has 1 aliphatic heterocycles. The maximum Gasteiger partial charge on any atom is 0.229 e. The van der Waals surface area contributed by atoms with Gasteiger partial charge in [0.15, 0.2) is 0 Å². The second-order valence-electron chi connectivity index (χ2n) is 7.02. The van der Waals surface area contributed by atoms with E-state index in [0.717, 1.165) is 17.0 Å². The Labute approximate surface area is 164 Å². The molecule has 6 heteroatoms. The Balaban J connectivity index is 1.64. The lowest BCUT2D eigenvalue weighted by molar-refractivity contribution is -0.122. The summed E-state index contributed by atoms with van der Waals surface area (Å²) in [6.45, 7) is 6.17.